The Bertz CT molecular complexity index is 1390. The van der Waals surface area contributed by atoms with Gasteiger partial charge in [0.2, 0.25) is 0 Å². The van der Waals surface area contributed by atoms with Crippen molar-refractivity contribution in [3.63, 3.8) is 0 Å². The number of ether oxygens (including phenoxy) is 2. The van der Waals surface area contributed by atoms with Crippen LogP contribution in [0.4, 0.5) is 5.69 Å². The molecule has 0 saturated carbocycles. The first-order valence-corrected chi connectivity index (χ1v) is 12.0. The molecule has 0 radical (unpaired) electrons. The Morgan fingerprint density at radius 1 is 0.946 bits per heavy atom. The van der Waals surface area contributed by atoms with Crippen molar-refractivity contribution in [1.29, 1.82) is 0 Å². The van der Waals surface area contributed by atoms with Crippen LogP contribution < -0.4 is 10.1 Å². The predicted octanol–water partition coefficient (Wildman–Crippen LogP) is 5.02. The van der Waals surface area contributed by atoms with E-state index in [9.17, 15) is 19.2 Å². The molecule has 1 aliphatic heterocycles. The lowest BCUT2D eigenvalue weighted by atomic mass is 10.1. The number of rotatable bonds is 8. The van der Waals surface area contributed by atoms with Crippen LogP contribution in [0.2, 0.25) is 10.0 Å². The monoisotopic (exact) mass is 540 g/mol. The Hall–Kier alpha value is -3.88. The quantitative estimate of drug-likeness (QED) is 0.317. The van der Waals surface area contributed by atoms with Gasteiger partial charge in [0.15, 0.2) is 6.10 Å². The van der Waals surface area contributed by atoms with Crippen LogP contribution in [0, 0.1) is 0 Å². The van der Waals surface area contributed by atoms with E-state index in [0.29, 0.717) is 17.2 Å². The number of hydrogen-bond donors (Lipinski definition) is 1. The normalized spacial score (nSPS) is 13.2. The summed E-state index contributed by atoms with van der Waals surface area (Å²) in [6.45, 7) is 1.58. The largest absolute Gasteiger partial charge is 0.497 e. The maximum Gasteiger partial charge on any atom is 0.338 e. The summed E-state index contributed by atoms with van der Waals surface area (Å²) in [4.78, 5) is 52.1. The number of hydrogen-bond acceptors (Lipinski definition) is 6. The summed E-state index contributed by atoms with van der Waals surface area (Å²) in [6, 6.07) is 16.0. The number of carbonyl (C=O) groups excluding carboxylic acids is 4. The molecule has 3 aromatic rings. The van der Waals surface area contributed by atoms with Gasteiger partial charge in [0, 0.05) is 11.6 Å². The smallest absolute Gasteiger partial charge is 0.338 e. The van der Waals surface area contributed by atoms with E-state index in [1.807, 2.05) is 12.1 Å². The number of imide groups is 1. The standard InChI is InChI=1S/C27H22Cl2N2O6/c1-15(24(32)30-23-14-18(28)6-10-22(23)29)37-27(35)17-5-9-20-21(13-17)26(34)31(25(20)33)12-11-16-3-7-19(36-2)8-4-16/h3-10,13-15H,11-12H2,1-2H3,(H,30,32). The van der Waals surface area contributed by atoms with Crippen LogP contribution in [-0.4, -0.2) is 48.3 Å². The lowest BCUT2D eigenvalue weighted by Gasteiger charge is -2.14. The molecule has 190 valence electrons. The van der Waals surface area contributed by atoms with Crippen molar-refractivity contribution in [3.05, 3.63) is 93.0 Å². The average Bonchev–Trinajstić information content (AvgIpc) is 3.13. The number of methoxy groups -OCH3 is 1. The number of halogens is 2. The third kappa shape index (κ3) is 5.76. The van der Waals surface area contributed by atoms with Crippen molar-refractivity contribution in [1.82, 2.24) is 4.90 Å². The number of nitrogens with one attached hydrogen (secondary N) is 1. The number of esters is 1. The second-order valence-electron chi connectivity index (χ2n) is 8.28. The van der Waals surface area contributed by atoms with Crippen molar-refractivity contribution >= 4 is 52.6 Å². The van der Waals surface area contributed by atoms with E-state index in [4.69, 9.17) is 32.7 Å². The first-order chi connectivity index (χ1) is 17.7. The van der Waals surface area contributed by atoms with Crippen LogP contribution in [-0.2, 0) is 16.0 Å². The second-order valence-corrected chi connectivity index (χ2v) is 9.12. The minimum atomic E-state index is -1.17. The molecule has 8 nitrogen and oxygen atoms in total. The van der Waals surface area contributed by atoms with Crippen LogP contribution >= 0.6 is 23.2 Å². The SMILES string of the molecule is COc1ccc(CCN2C(=O)c3ccc(C(=O)OC(C)C(=O)Nc4cc(Cl)ccc4Cl)cc3C2=O)cc1. The molecule has 1 aliphatic rings. The zero-order chi connectivity index (χ0) is 26.7. The molecule has 0 saturated heterocycles. The Labute approximate surface area is 223 Å². The summed E-state index contributed by atoms with van der Waals surface area (Å²) < 4.78 is 10.4. The van der Waals surface area contributed by atoms with Gasteiger partial charge in [-0.25, -0.2) is 4.79 Å². The lowest BCUT2D eigenvalue weighted by molar-refractivity contribution is -0.123. The zero-order valence-electron chi connectivity index (χ0n) is 19.9. The molecule has 1 atom stereocenters. The minimum Gasteiger partial charge on any atom is -0.497 e. The van der Waals surface area contributed by atoms with Crippen LogP contribution in [0.15, 0.2) is 60.7 Å². The van der Waals surface area contributed by atoms with Gasteiger partial charge in [-0.1, -0.05) is 35.3 Å². The fourth-order valence-electron chi connectivity index (χ4n) is 3.76. The molecule has 0 bridgehead atoms. The molecule has 37 heavy (non-hydrogen) atoms. The number of benzene rings is 3. The zero-order valence-corrected chi connectivity index (χ0v) is 21.4. The van der Waals surface area contributed by atoms with E-state index in [2.05, 4.69) is 5.32 Å². The van der Waals surface area contributed by atoms with Crippen LogP contribution in [0.1, 0.15) is 43.6 Å². The van der Waals surface area contributed by atoms with Crippen LogP contribution in [0.5, 0.6) is 5.75 Å². The predicted molar refractivity (Wildman–Crippen MR) is 138 cm³/mol. The van der Waals surface area contributed by atoms with Crippen molar-refractivity contribution in [2.75, 3.05) is 19.0 Å². The summed E-state index contributed by atoms with van der Waals surface area (Å²) in [5, 5.41) is 3.20. The first kappa shape index (κ1) is 26.2. The van der Waals surface area contributed by atoms with E-state index in [1.165, 1.54) is 37.3 Å². The van der Waals surface area contributed by atoms with Crippen molar-refractivity contribution in [3.8, 4) is 5.75 Å². The van der Waals surface area contributed by atoms with Crippen molar-refractivity contribution in [2.45, 2.75) is 19.4 Å². The van der Waals surface area contributed by atoms with E-state index in [1.54, 1.807) is 25.3 Å². The number of anilines is 1. The van der Waals surface area contributed by atoms with Crippen molar-refractivity contribution < 1.29 is 28.7 Å². The minimum absolute atomic E-state index is 0.0392. The van der Waals surface area contributed by atoms with E-state index < -0.39 is 29.8 Å². The molecule has 3 amide bonds. The maximum absolute atomic E-state index is 12.9. The topological polar surface area (TPSA) is 102 Å². The molecular formula is C27H22Cl2N2O6. The third-order valence-electron chi connectivity index (χ3n) is 5.83. The van der Waals surface area contributed by atoms with E-state index in [-0.39, 0.29) is 33.9 Å². The van der Waals surface area contributed by atoms with Gasteiger partial charge in [-0.15, -0.1) is 0 Å². The number of carbonyl (C=O) groups is 4. The molecule has 1 N–H and O–H groups in total. The molecule has 1 heterocycles. The molecule has 10 heteroatoms. The summed E-state index contributed by atoms with van der Waals surface area (Å²) in [7, 11) is 1.57. The number of nitrogens with zero attached hydrogens (tertiary/aromatic N) is 1. The number of amides is 3. The Morgan fingerprint density at radius 3 is 2.35 bits per heavy atom. The van der Waals surface area contributed by atoms with Gasteiger partial charge < -0.3 is 14.8 Å². The molecule has 0 aliphatic carbocycles. The lowest BCUT2D eigenvalue weighted by Crippen LogP contribution is -2.31. The van der Waals surface area contributed by atoms with Crippen LogP contribution in [0.25, 0.3) is 0 Å². The molecular weight excluding hydrogens is 519 g/mol. The van der Waals surface area contributed by atoms with Gasteiger partial charge in [0.05, 0.1) is 34.5 Å². The molecule has 1 unspecified atom stereocenters. The molecule has 4 rings (SSSR count). The Kier molecular flexibility index (Phi) is 7.80. The Balaban J connectivity index is 1.40. The van der Waals surface area contributed by atoms with E-state index in [0.717, 1.165) is 10.5 Å². The fourth-order valence-corrected chi connectivity index (χ4v) is 4.10. The molecule has 0 aromatic heterocycles. The highest BCUT2D eigenvalue weighted by Crippen LogP contribution is 2.27. The number of fused-ring (bicyclic) bond motifs is 1. The van der Waals surface area contributed by atoms with Gasteiger partial charge in [0.25, 0.3) is 17.7 Å². The Morgan fingerprint density at radius 2 is 1.65 bits per heavy atom. The second kappa shape index (κ2) is 11.0. The van der Waals surface area contributed by atoms with Crippen LogP contribution in [0.3, 0.4) is 0 Å². The molecule has 0 spiro atoms. The van der Waals surface area contributed by atoms with E-state index >= 15 is 0 Å². The fraction of sp³-hybridized carbons (Fsp3) is 0.185. The van der Waals surface area contributed by atoms with Gasteiger partial charge in [-0.3, -0.25) is 19.3 Å². The van der Waals surface area contributed by atoms with Gasteiger partial charge in [-0.05, 0) is 67.4 Å². The summed E-state index contributed by atoms with van der Waals surface area (Å²) in [5.41, 5.74) is 1.57. The molecule has 3 aromatic carbocycles. The van der Waals surface area contributed by atoms with Gasteiger partial charge >= 0.3 is 5.97 Å². The van der Waals surface area contributed by atoms with Gasteiger partial charge in [-0.2, -0.15) is 0 Å². The maximum atomic E-state index is 12.9. The first-order valence-electron chi connectivity index (χ1n) is 11.3. The average molecular weight is 541 g/mol. The van der Waals surface area contributed by atoms with Crippen molar-refractivity contribution in [2.24, 2.45) is 0 Å². The van der Waals surface area contributed by atoms with Gasteiger partial charge in [0.1, 0.15) is 5.75 Å². The summed E-state index contributed by atoms with van der Waals surface area (Å²) in [5.74, 6) is -1.65. The summed E-state index contributed by atoms with van der Waals surface area (Å²) >= 11 is 12.0. The highest BCUT2D eigenvalue weighted by Gasteiger charge is 2.36. The molecule has 0 fully saturated rings. The third-order valence-corrected chi connectivity index (χ3v) is 6.39. The summed E-state index contributed by atoms with van der Waals surface area (Å²) in [6.07, 6.45) is -0.706. The highest BCUT2D eigenvalue weighted by atomic mass is 35.5. The highest BCUT2D eigenvalue weighted by molar-refractivity contribution is 6.35.